The zero-order valence-electron chi connectivity index (χ0n) is 11.1. The van der Waals surface area contributed by atoms with E-state index in [4.69, 9.17) is 11.6 Å². The van der Waals surface area contributed by atoms with Gasteiger partial charge in [-0.05, 0) is 31.9 Å². The predicted octanol–water partition coefficient (Wildman–Crippen LogP) is 2.66. The Balaban J connectivity index is 2.70. The second-order valence-corrected chi connectivity index (χ2v) is 5.57. The Labute approximate surface area is 113 Å². The van der Waals surface area contributed by atoms with E-state index in [9.17, 15) is 0 Å². The van der Waals surface area contributed by atoms with Gasteiger partial charge in [0.2, 0.25) is 0 Å². The van der Waals surface area contributed by atoms with Crippen molar-refractivity contribution in [1.82, 2.24) is 15.1 Å². The minimum absolute atomic E-state index is 0.486. The molecule has 0 aromatic carbocycles. The average molecular weight is 276 g/mol. The SMILES string of the molecule is CCNC(CCSC)Cc1c(Cl)c(C)nn1C. The standard InChI is InChI=1S/C12H22ClN3S/c1-5-14-10(6-7-17-4)8-11-12(13)9(2)15-16(11)3/h10,14H,5-8H2,1-4H3. The molecule has 1 unspecified atom stereocenters. The summed E-state index contributed by atoms with van der Waals surface area (Å²) in [5, 5.41) is 8.69. The van der Waals surface area contributed by atoms with Gasteiger partial charge >= 0.3 is 0 Å². The van der Waals surface area contributed by atoms with Gasteiger partial charge in [0.1, 0.15) is 0 Å². The van der Waals surface area contributed by atoms with Gasteiger partial charge in [0, 0.05) is 19.5 Å². The second kappa shape index (κ2) is 7.29. The van der Waals surface area contributed by atoms with Crippen LogP contribution in [0, 0.1) is 6.92 Å². The monoisotopic (exact) mass is 275 g/mol. The highest BCUT2D eigenvalue weighted by Crippen LogP contribution is 2.21. The van der Waals surface area contributed by atoms with Gasteiger partial charge in [-0.1, -0.05) is 18.5 Å². The summed E-state index contributed by atoms with van der Waals surface area (Å²) in [6.45, 7) is 5.09. The number of nitrogens with zero attached hydrogens (tertiary/aromatic N) is 2. The topological polar surface area (TPSA) is 29.9 Å². The lowest BCUT2D eigenvalue weighted by Crippen LogP contribution is -2.32. The molecule has 1 N–H and O–H groups in total. The van der Waals surface area contributed by atoms with Crippen LogP contribution in [0.3, 0.4) is 0 Å². The van der Waals surface area contributed by atoms with E-state index < -0.39 is 0 Å². The van der Waals surface area contributed by atoms with Crippen molar-refractivity contribution in [2.45, 2.75) is 32.7 Å². The molecule has 0 aliphatic rings. The number of aryl methyl sites for hydroxylation is 2. The average Bonchev–Trinajstić information content (AvgIpc) is 2.53. The zero-order valence-corrected chi connectivity index (χ0v) is 12.7. The summed E-state index contributed by atoms with van der Waals surface area (Å²) in [7, 11) is 1.96. The first-order chi connectivity index (χ1) is 8.10. The lowest BCUT2D eigenvalue weighted by atomic mass is 10.1. The smallest absolute Gasteiger partial charge is 0.0847 e. The quantitative estimate of drug-likeness (QED) is 0.830. The molecule has 0 spiro atoms. The van der Waals surface area contributed by atoms with Crippen LogP contribution in [0.2, 0.25) is 5.02 Å². The summed E-state index contributed by atoms with van der Waals surface area (Å²) < 4.78 is 1.90. The molecule has 0 amide bonds. The van der Waals surface area contributed by atoms with Gasteiger partial charge in [-0.15, -0.1) is 0 Å². The molecule has 0 aliphatic heterocycles. The Hall–Kier alpha value is -0.190. The second-order valence-electron chi connectivity index (χ2n) is 4.21. The fourth-order valence-electron chi connectivity index (χ4n) is 1.96. The number of aromatic nitrogens is 2. The Morgan fingerprint density at radius 3 is 2.71 bits per heavy atom. The van der Waals surface area contributed by atoms with E-state index in [1.807, 2.05) is 30.4 Å². The van der Waals surface area contributed by atoms with E-state index in [0.717, 1.165) is 35.8 Å². The first-order valence-corrected chi connectivity index (χ1v) is 7.77. The van der Waals surface area contributed by atoms with Crippen LogP contribution in [0.5, 0.6) is 0 Å². The summed E-state index contributed by atoms with van der Waals surface area (Å²) in [5.41, 5.74) is 2.06. The number of hydrogen-bond acceptors (Lipinski definition) is 3. The maximum Gasteiger partial charge on any atom is 0.0847 e. The first-order valence-electron chi connectivity index (χ1n) is 6.00. The molecular weight excluding hydrogens is 254 g/mol. The van der Waals surface area contributed by atoms with Crippen molar-refractivity contribution >= 4 is 23.4 Å². The third-order valence-electron chi connectivity index (χ3n) is 2.86. The molecule has 1 aromatic rings. The summed E-state index contributed by atoms with van der Waals surface area (Å²) in [6.07, 6.45) is 4.25. The summed E-state index contributed by atoms with van der Waals surface area (Å²) in [4.78, 5) is 0. The number of likely N-dealkylation sites (N-methyl/N-ethyl adjacent to an activating group) is 1. The van der Waals surface area contributed by atoms with Crippen LogP contribution in [-0.2, 0) is 13.5 Å². The normalized spacial score (nSPS) is 13.0. The van der Waals surface area contributed by atoms with E-state index >= 15 is 0 Å². The minimum atomic E-state index is 0.486. The molecule has 0 fully saturated rings. The van der Waals surface area contributed by atoms with Crippen LogP contribution >= 0.6 is 23.4 Å². The highest BCUT2D eigenvalue weighted by Gasteiger charge is 2.16. The molecule has 0 radical (unpaired) electrons. The van der Waals surface area contributed by atoms with Crippen molar-refractivity contribution in [3.63, 3.8) is 0 Å². The number of halogens is 1. The molecule has 1 heterocycles. The molecule has 1 aromatic heterocycles. The molecule has 0 aliphatic carbocycles. The van der Waals surface area contributed by atoms with E-state index in [1.54, 1.807) is 0 Å². The summed E-state index contributed by atoms with van der Waals surface area (Å²) in [6, 6.07) is 0.486. The molecule has 17 heavy (non-hydrogen) atoms. The van der Waals surface area contributed by atoms with E-state index in [2.05, 4.69) is 23.6 Å². The van der Waals surface area contributed by atoms with Gasteiger partial charge in [-0.2, -0.15) is 16.9 Å². The molecule has 1 atom stereocenters. The van der Waals surface area contributed by atoms with Crippen LogP contribution < -0.4 is 5.32 Å². The molecular formula is C12H22ClN3S. The summed E-state index contributed by atoms with van der Waals surface area (Å²) in [5.74, 6) is 1.17. The van der Waals surface area contributed by atoms with Crippen molar-refractivity contribution in [3.05, 3.63) is 16.4 Å². The third kappa shape index (κ3) is 4.19. The maximum absolute atomic E-state index is 6.28. The third-order valence-corrected chi connectivity index (χ3v) is 4.00. The lowest BCUT2D eigenvalue weighted by Gasteiger charge is -2.17. The highest BCUT2D eigenvalue weighted by atomic mass is 35.5. The molecule has 0 bridgehead atoms. The molecule has 3 nitrogen and oxygen atoms in total. The van der Waals surface area contributed by atoms with E-state index in [1.165, 1.54) is 5.75 Å². The molecule has 0 saturated carbocycles. The van der Waals surface area contributed by atoms with Crippen molar-refractivity contribution < 1.29 is 0 Å². The van der Waals surface area contributed by atoms with Crippen molar-refractivity contribution in [2.24, 2.45) is 7.05 Å². The van der Waals surface area contributed by atoms with Crippen LogP contribution in [0.1, 0.15) is 24.7 Å². The van der Waals surface area contributed by atoms with Crippen LogP contribution in [0.25, 0.3) is 0 Å². The van der Waals surface area contributed by atoms with Gasteiger partial charge in [-0.3, -0.25) is 4.68 Å². The predicted molar refractivity (Wildman–Crippen MR) is 77.1 cm³/mol. The first kappa shape index (κ1) is 14.9. The van der Waals surface area contributed by atoms with Gasteiger partial charge in [-0.25, -0.2) is 0 Å². The lowest BCUT2D eigenvalue weighted by molar-refractivity contribution is 0.497. The highest BCUT2D eigenvalue weighted by molar-refractivity contribution is 7.98. The van der Waals surface area contributed by atoms with Crippen LogP contribution in [0.4, 0.5) is 0 Å². The zero-order chi connectivity index (χ0) is 12.8. The van der Waals surface area contributed by atoms with Gasteiger partial charge in [0.15, 0.2) is 0 Å². The largest absolute Gasteiger partial charge is 0.314 e. The molecule has 5 heteroatoms. The number of nitrogens with one attached hydrogen (secondary N) is 1. The Kier molecular flexibility index (Phi) is 6.38. The minimum Gasteiger partial charge on any atom is -0.314 e. The van der Waals surface area contributed by atoms with Crippen molar-refractivity contribution in [2.75, 3.05) is 18.6 Å². The van der Waals surface area contributed by atoms with Crippen molar-refractivity contribution in [3.8, 4) is 0 Å². The van der Waals surface area contributed by atoms with Gasteiger partial charge < -0.3 is 5.32 Å². The molecule has 0 saturated heterocycles. The van der Waals surface area contributed by atoms with E-state index in [0.29, 0.717) is 6.04 Å². The summed E-state index contributed by atoms with van der Waals surface area (Å²) >= 11 is 8.16. The van der Waals surface area contributed by atoms with E-state index in [-0.39, 0.29) is 0 Å². The number of hydrogen-bond donors (Lipinski definition) is 1. The van der Waals surface area contributed by atoms with Crippen LogP contribution in [0.15, 0.2) is 0 Å². The van der Waals surface area contributed by atoms with Gasteiger partial charge in [0.25, 0.3) is 0 Å². The van der Waals surface area contributed by atoms with Crippen LogP contribution in [-0.4, -0.2) is 34.4 Å². The maximum atomic E-state index is 6.28. The van der Waals surface area contributed by atoms with Crippen molar-refractivity contribution in [1.29, 1.82) is 0 Å². The molecule has 98 valence electrons. The Bertz CT molecular complexity index is 352. The molecule has 1 rings (SSSR count). The fraction of sp³-hybridized carbons (Fsp3) is 0.750. The Morgan fingerprint density at radius 1 is 1.53 bits per heavy atom. The fourth-order valence-corrected chi connectivity index (χ4v) is 2.72. The number of thioether (sulfide) groups is 1. The number of rotatable bonds is 7. The Morgan fingerprint density at radius 2 is 2.24 bits per heavy atom. The van der Waals surface area contributed by atoms with Gasteiger partial charge in [0.05, 0.1) is 16.4 Å².